The summed E-state index contributed by atoms with van der Waals surface area (Å²) in [4.78, 5) is 0. The Labute approximate surface area is 116 Å². The number of nitrogens with one attached hydrogen (secondary N) is 2. The van der Waals surface area contributed by atoms with Crippen molar-refractivity contribution < 1.29 is 13.2 Å². The van der Waals surface area contributed by atoms with Gasteiger partial charge in [-0.15, -0.1) is 0 Å². The van der Waals surface area contributed by atoms with E-state index in [4.69, 9.17) is 4.74 Å². The molecule has 0 heterocycles. The lowest BCUT2D eigenvalue weighted by molar-refractivity contribution is 0.0626. The molecule has 19 heavy (non-hydrogen) atoms. The fourth-order valence-corrected chi connectivity index (χ4v) is 3.47. The molecule has 0 aromatic rings. The molecular formula is C13H26N2O3S. The molecule has 0 radical (unpaired) electrons. The van der Waals surface area contributed by atoms with E-state index in [1.807, 2.05) is 0 Å². The lowest BCUT2D eigenvalue weighted by atomic mass is 10.3. The van der Waals surface area contributed by atoms with E-state index in [9.17, 15) is 8.42 Å². The fraction of sp³-hybridized carbons (Fsp3) is 1.00. The first kappa shape index (κ1) is 15.2. The van der Waals surface area contributed by atoms with Crippen molar-refractivity contribution in [2.24, 2.45) is 0 Å². The van der Waals surface area contributed by atoms with Crippen LogP contribution in [0.1, 0.15) is 44.9 Å². The number of hydrogen-bond acceptors (Lipinski definition) is 4. The highest BCUT2D eigenvalue weighted by Gasteiger charge is 2.20. The Kier molecular flexibility index (Phi) is 6.06. The van der Waals surface area contributed by atoms with Crippen LogP contribution in [0.2, 0.25) is 0 Å². The Morgan fingerprint density at radius 2 is 1.79 bits per heavy atom. The third-order valence-electron chi connectivity index (χ3n) is 3.68. The quantitative estimate of drug-likeness (QED) is 0.589. The molecule has 6 heteroatoms. The number of rotatable bonds is 10. The SMILES string of the molecule is O=S(=O)(CCCNC1CC1)NCCOC1CCCC1. The summed E-state index contributed by atoms with van der Waals surface area (Å²) in [5, 5.41) is 3.32. The Balaban J connectivity index is 1.47. The van der Waals surface area contributed by atoms with Crippen molar-refractivity contribution in [1.29, 1.82) is 0 Å². The summed E-state index contributed by atoms with van der Waals surface area (Å²) in [5.41, 5.74) is 0. The van der Waals surface area contributed by atoms with Gasteiger partial charge in [0.05, 0.1) is 18.5 Å². The van der Waals surface area contributed by atoms with Gasteiger partial charge in [-0.25, -0.2) is 13.1 Å². The van der Waals surface area contributed by atoms with Crippen LogP contribution in [0.4, 0.5) is 0 Å². The van der Waals surface area contributed by atoms with Gasteiger partial charge in [0.15, 0.2) is 0 Å². The first-order valence-corrected chi connectivity index (χ1v) is 9.13. The van der Waals surface area contributed by atoms with Crippen molar-refractivity contribution in [2.45, 2.75) is 57.1 Å². The van der Waals surface area contributed by atoms with E-state index >= 15 is 0 Å². The van der Waals surface area contributed by atoms with Crippen LogP contribution in [0.3, 0.4) is 0 Å². The van der Waals surface area contributed by atoms with Gasteiger partial charge in [0.2, 0.25) is 10.0 Å². The smallest absolute Gasteiger partial charge is 0.211 e. The summed E-state index contributed by atoms with van der Waals surface area (Å²) in [7, 11) is -3.12. The lowest BCUT2D eigenvalue weighted by Crippen LogP contribution is -2.31. The molecule has 5 nitrogen and oxygen atoms in total. The normalized spacial score (nSPS) is 21.1. The number of ether oxygens (including phenoxy) is 1. The third kappa shape index (κ3) is 6.70. The van der Waals surface area contributed by atoms with Crippen molar-refractivity contribution in [3.05, 3.63) is 0 Å². The monoisotopic (exact) mass is 290 g/mol. The topological polar surface area (TPSA) is 67.4 Å². The van der Waals surface area contributed by atoms with Crippen LogP contribution in [0.5, 0.6) is 0 Å². The Bertz CT molecular complexity index is 349. The van der Waals surface area contributed by atoms with Crippen molar-refractivity contribution in [2.75, 3.05) is 25.4 Å². The largest absolute Gasteiger partial charge is 0.377 e. The molecule has 0 saturated heterocycles. The molecule has 0 aromatic carbocycles. The number of hydrogen-bond donors (Lipinski definition) is 2. The van der Waals surface area contributed by atoms with Crippen molar-refractivity contribution in [1.82, 2.24) is 10.0 Å². The van der Waals surface area contributed by atoms with Gasteiger partial charge < -0.3 is 10.1 Å². The zero-order valence-corrected chi connectivity index (χ0v) is 12.4. The molecule has 2 fully saturated rings. The summed E-state index contributed by atoms with van der Waals surface area (Å²) >= 11 is 0. The standard InChI is InChI=1S/C13H26N2O3S/c16-19(17,11-3-8-14-12-6-7-12)15-9-10-18-13-4-1-2-5-13/h12-15H,1-11H2. The molecule has 112 valence electrons. The van der Waals surface area contributed by atoms with E-state index in [0.717, 1.165) is 19.4 Å². The minimum atomic E-state index is -3.12. The zero-order valence-electron chi connectivity index (χ0n) is 11.6. The molecule has 0 atom stereocenters. The summed E-state index contributed by atoms with van der Waals surface area (Å²) in [6.07, 6.45) is 8.24. The van der Waals surface area contributed by atoms with Crippen molar-refractivity contribution in [3.63, 3.8) is 0 Å². The molecule has 0 aliphatic heterocycles. The van der Waals surface area contributed by atoms with E-state index in [0.29, 0.717) is 31.7 Å². The molecular weight excluding hydrogens is 264 g/mol. The van der Waals surface area contributed by atoms with Crippen LogP contribution in [-0.4, -0.2) is 46.0 Å². The zero-order chi connectivity index (χ0) is 13.6. The molecule has 2 N–H and O–H groups in total. The Morgan fingerprint density at radius 3 is 2.47 bits per heavy atom. The van der Waals surface area contributed by atoms with Gasteiger partial charge in [-0.05, 0) is 38.6 Å². The molecule has 0 unspecified atom stereocenters. The molecule has 2 aliphatic rings. The molecule has 0 amide bonds. The summed E-state index contributed by atoms with van der Waals surface area (Å²) in [5.74, 6) is 0.205. The van der Waals surface area contributed by atoms with Crippen molar-refractivity contribution >= 4 is 10.0 Å². The van der Waals surface area contributed by atoms with Crippen molar-refractivity contribution in [3.8, 4) is 0 Å². The van der Waals surface area contributed by atoms with E-state index in [2.05, 4.69) is 10.0 Å². The van der Waals surface area contributed by atoms with Crippen LogP contribution in [0.25, 0.3) is 0 Å². The summed E-state index contributed by atoms with van der Waals surface area (Å²) < 4.78 is 31.6. The van der Waals surface area contributed by atoms with Gasteiger partial charge in [0.1, 0.15) is 0 Å². The molecule has 2 saturated carbocycles. The van der Waals surface area contributed by atoms with Gasteiger partial charge in [-0.2, -0.15) is 0 Å². The van der Waals surface area contributed by atoms with E-state index in [1.54, 1.807) is 0 Å². The fourth-order valence-electron chi connectivity index (χ4n) is 2.41. The molecule has 2 rings (SSSR count). The van der Waals surface area contributed by atoms with Gasteiger partial charge in [0.25, 0.3) is 0 Å². The third-order valence-corrected chi connectivity index (χ3v) is 5.15. The summed E-state index contributed by atoms with van der Waals surface area (Å²) in [6.45, 7) is 1.68. The van der Waals surface area contributed by atoms with Crippen LogP contribution < -0.4 is 10.0 Å². The van der Waals surface area contributed by atoms with Crippen LogP contribution in [-0.2, 0) is 14.8 Å². The second kappa shape index (κ2) is 7.57. The van der Waals surface area contributed by atoms with Crippen LogP contribution in [0, 0.1) is 0 Å². The van der Waals surface area contributed by atoms with Crippen LogP contribution in [0.15, 0.2) is 0 Å². The average Bonchev–Trinajstić information content (AvgIpc) is 3.05. The van der Waals surface area contributed by atoms with Crippen LogP contribution >= 0.6 is 0 Å². The maximum absolute atomic E-state index is 11.7. The minimum absolute atomic E-state index is 0.205. The molecule has 0 aromatic heterocycles. The Morgan fingerprint density at radius 1 is 1.05 bits per heavy atom. The molecule has 2 aliphatic carbocycles. The van der Waals surface area contributed by atoms with E-state index in [-0.39, 0.29) is 5.75 Å². The predicted octanol–water partition coefficient (Wildman–Crippen LogP) is 1.01. The maximum Gasteiger partial charge on any atom is 0.211 e. The van der Waals surface area contributed by atoms with E-state index < -0.39 is 10.0 Å². The highest BCUT2D eigenvalue weighted by Crippen LogP contribution is 2.20. The average molecular weight is 290 g/mol. The Hall–Kier alpha value is -0.170. The highest BCUT2D eigenvalue weighted by atomic mass is 32.2. The molecule has 0 spiro atoms. The second-order valence-electron chi connectivity index (χ2n) is 5.57. The van der Waals surface area contributed by atoms with Gasteiger partial charge in [-0.3, -0.25) is 0 Å². The van der Waals surface area contributed by atoms with E-state index in [1.165, 1.54) is 25.7 Å². The number of sulfonamides is 1. The minimum Gasteiger partial charge on any atom is -0.377 e. The first-order chi connectivity index (χ1) is 9.16. The predicted molar refractivity (Wildman–Crippen MR) is 75.6 cm³/mol. The first-order valence-electron chi connectivity index (χ1n) is 7.48. The van der Waals surface area contributed by atoms with Gasteiger partial charge >= 0.3 is 0 Å². The molecule has 0 bridgehead atoms. The highest BCUT2D eigenvalue weighted by molar-refractivity contribution is 7.89. The van der Waals surface area contributed by atoms with Gasteiger partial charge in [0, 0.05) is 12.6 Å². The summed E-state index contributed by atoms with van der Waals surface area (Å²) in [6, 6.07) is 0.649. The second-order valence-corrected chi connectivity index (χ2v) is 7.50. The van der Waals surface area contributed by atoms with Gasteiger partial charge in [-0.1, -0.05) is 12.8 Å². The maximum atomic E-state index is 11.7. The lowest BCUT2D eigenvalue weighted by Gasteiger charge is -2.11.